The molecule has 1 rings (SSSR count). The molecule has 0 fully saturated rings. The first-order valence-corrected chi connectivity index (χ1v) is 8.41. The summed E-state index contributed by atoms with van der Waals surface area (Å²) in [6, 6.07) is 7.06. The zero-order valence-electron chi connectivity index (χ0n) is 16.2. The van der Waals surface area contributed by atoms with Crippen LogP contribution in [0.1, 0.15) is 31.1 Å². The van der Waals surface area contributed by atoms with Gasteiger partial charge in [-0.3, -0.25) is 9.79 Å². The Hall–Kier alpha value is -1.55. The van der Waals surface area contributed by atoms with Gasteiger partial charge in [0.2, 0.25) is 0 Å². The van der Waals surface area contributed by atoms with Crippen molar-refractivity contribution >= 4 is 35.8 Å². The molecular weight excluding hydrogens is 447 g/mol. The normalized spacial score (nSPS) is 11.3. The topological polar surface area (TPSA) is 84.0 Å². The minimum atomic E-state index is -0.317. The quantitative estimate of drug-likeness (QED) is 0.219. The third-order valence-electron chi connectivity index (χ3n) is 3.55. The highest BCUT2D eigenvalue weighted by Gasteiger charge is 2.15. The number of nitrogens with one attached hydrogen (secondary N) is 3. The van der Waals surface area contributed by atoms with Gasteiger partial charge in [-0.15, -0.1) is 24.0 Å². The Balaban J connectivity index is 0.00000625. The van der Waals surface area contributed by atoms with E-state index in [1.807, 2.05) is 20.8 Å². The van der Waals surface area contributed by atoms with Gasteiger partial charge in [-0.05, 0) is 39.0 Å². The van der Waals surface area contributed by atoms with Gasteiger partial charge in [-0.25, -0.2) is 0 Å². The van der Waals surface area contributed by atoms with Gasteiger partial charge in [0, 0.05) is 32.3 Å². The van der Waals surface area contributed by atoms with Crippen molar-refractivity contribution in [1.29, 1.82) is 0 Å². The second-order valence-electron chi connectivity index (χ2n) is 6.07. The van der Waals surface area contributed by atoms with Gasteiger partial charge in [0.1, 0.15) is 5.75 Å². The molecule has 0 aliphatic carbocycles. The monoisotopic (exact) mass is 478 g/mol. The van der Waals surface area contributed by atoms with Gasteiger partial charge in [-0.1, -0.05) is 6.07 Å². The largest absolute Gasteiger partial charge is 0.497 e. The summed E-state index contributed by atoms with van der Waals surface area (Å²) in [5.41, 5.74) is 0.255. The highest BCUT2D eigenvalue weighted by molar-refractivity contribution is 14.0. The Morgan fingerprint density at radius 1 is 1.15 bits per heavy atom. The molecule has 1 aromatic carbocycles. The molecule has 7 nitrogen and oxygen atoms in total. The molecule has 8 heteroatoms. The zero-order chi connectivity index (χ0) is 18.7. The number of nitrogens with zero attached hydrogens (tertiary/aromatic N) is 1. The lowest BCUT2D eigenvalue weighted by Crippen LogP contribution is -2.42. The molecule has 0 heterocycles. The van der Waals surface area contributed by atoms with E-state index in [1.54, 1.807) is 38.5 Å². The fraction of sp³-hybridized carbons (Fsp3) is 0.556. The van der Waals surface area contributed by atoms with Crippen molar-refractivity contribution in [3.8, 4) is 5.75 Å². The molecular formula is C18H31IN4O3. The van der Waals surface area contributed by atoms with Crippen molar-refractivity contribution in [3.63, 3.8) is 0 Å². The van der Waals surface area contributed by atoms with Crippen LogP contribution in [0.5, 0.6) is 5.75 Å². The van der Waals surface area contributed by atoms with E-state index in [0.717, 1.165) is 6.54 Å². The first-order chi connectivity index (χ1) is 11.9. The Labute approximate surface area is 173 Å². The molecule has 0 aliphatic heterocycles. The zero-order valence-corrected chi connectivity index (χ0v) is 18.5. The van der Waals surface area contributed by atoms with E-state index in [9.17, 15) is 4.79 Å². The van der Waals surface area contributed by atoms with Crippen molar-refractivity contribution in [1.82, 2.24) is 16.0 Å². The molecule has 1 aromatic rings. The summed E-state index contributed by atoms with van der Waals surface area (Å²) >= 11 is 0. The minimum absolute atomic E-state index is 0. The molecule has 0 atom stereocenters. The summed E-state index contributed by atoms with van der Waals surface area (Å²) in [6.45, 7) is 8.31. The molecule has 0 saturated carbocycles. The third-order valence-corrected chi connectivity index (χ3v) is 3.55. The number of amides is 1. The van der Waals surface area contributed by atoms with Crippen LogP contribution < -0.4 is 20.7 Å². The van der Waals surface area contributed by atoms with Crippen LogP contribution in [0.25, 0.3) is 0 Å². The SMILES string of the molecule is CCNC(=NCC(C)(C)OC)NCCNC(=O)c1cccc(OC)c1.I. The predicted molar refractivity (Wildman–Crippen MR) is 116 cm³/mol. The number of carbonyl (C=O) groups is 1. The van der Waals surface area contributed by atoms with Crippen molar-refractivity contribution in [3.05, 3.63) is 29.8 Å². The fourth-order valence-electron chi connectivity index (χ4n) is 1.90. The Kier molecular flexibility index (Phi) is 12.0. The maximum absolute atomic E-state index is 12.1. The maximum atomic E-state index is 12.1. The first-order valence-electron chi connectivity index (χ1n) is 8.41. The maximum Gasteiger partial charge on any atom is 0.251 e. The first kappa shape index (κ1) is 24.5. The molecule has 3 N–H and O–H groups in total. The molecule has 0 aromatic heterocycles. The number of hydrogen-bond acceptors (Lipinski definition) is 4. The van der Waals surface area contributed by atoms with E-state index in [2.05, 4.69) is 20.9 Å². The number of halogens is 1. The van der Waals surface area contributed by atoms with Crippen LogP contribution in [-0.4, -0.2) is 57.9 Å². The van der Waals surface area contributed by atoms with E-state index in [-0.39, 0.29) is 35.5 Å². The summed E-state index contributed by atoms with van der Waals surface area (Å²) in [6.07, 6.45) is 0. The van der Waals surface area contributed by atoms with Crippen LogP contribution in [0.15, 0.2) is 29.3 Å². The number of benzene rings is 1. The highest BCUT2D eigenvalue weighted by Crippen LogP contribution is 2.12. The summed E-state index contributed by atoms with van der Waals surface area (Å²) in [7, 11) is 3.25. The number of carbonyl (C=O) groups excluding carboxylic acids is 1. The molecule has 0 bridgehead atoms. The van der Waals surface area contributed by atoms with Crippen LogP contribution in [0.3, 0.4) is 0 Å². The summed E-state index contributed by atoms with van der Waals surface area (Å²) in [5.74, 6) is 1.22. The summed E-state index contributed by atoms with van der Waals surface area (Å²) in [4.78, 5) is 16.6. The highest BCUT2D eigenvalue weighted by atomic mass is 127. The lowest BCUT2D eigenvalue weighted by Gasteiger charge is -2.21. The predicted octanol–water partition coefficient (Wildman–Crippen LogP) is 2.02. The fourth-order valence-corrected chi connectivity index (χ4v) is 1.90. The van der Waals surface area contributed by atoms with Crippen LogP contribution in [0.2, 0.25) is 0 Å². The molecule has 0 saturated heterocycles. The number of rotatable bonds is 9. The molecule has 26 heavy (non-hydrogen) atoms. The second kappa shape index (κ2) is 12.7. The summed E-state index contributed by atoms with van der Waals surface area (Å²) in [5, 5.41) is 9.23. The van der Waals surface area contributed by atoms with Gasteiger partial charge in [0.15, 0.2) is 5.96 Å². The van der Waals surface area contributed by atoms with Crippen molar-refractivity contribution in [2.45, 2.75) is 26.4 Å². The number of methoxy groups -OCH3 is 2. The van der Waals surface area contributed by atoms with E-state index in [0.29, 0.717) is 36.9 Å². The van der Waals surface area contributed by atoms with E-state index >= 15 is 0 Å². The number of aliphatic imine (C=N–C) groups is 1. The lowest BCUT2D eigenvalue weighted by molar-refractivity contribution is 0.0310. The van der Waals surface area contributed by atoms with Crippen molar-refractivity contribution in [2.24, 2.45) is 4.99 Å². The standard InChI is InChI=1S/C18H30N4O3.HI/c1-6-19-17(22-13-18(2,3)25-5)21-11-10-20-16(23)14-8-7-9-15(12-14)24-4;/h7-9,12H,6,10-11,13H2,1-5H3,(H,20,23)(H2,19,21,22);1H. The van der Waals surface area contributed by atoms with Gasteiger partial charge >= 0.3 is 0 Å². The van der Waals surface area contributed by atoms with Crippen LogP contribution in [-0.2, 0) is 4.74 Å². The van der Waals surface area contributed by atoms with Gasteiger partial charge in [0.25, 0.3) is 5.91 Å². The Morgan fingerprint density at radius 2 is 1.85 bits per heavy atom. The van der Waals surface area contributed by atoms with Gasteiger partial charge in [0.05, 0.1) is 19.3 Å². The lowest BCUT2D eigenvalue weighted by atomic mass is 10.1. The second-order valence-corrected chi connectivity index (χ2v) is 6.07. The Bertz CT molecular complexity index is 579. The molecule has 1 amide bonds. The third kappa shape index (κ3) is 9.23. The summed E-state index contributed by atoms with van der Waals surface area (Å²) < 4.78 is 10.5. The van der Waals surface area contributed by atoms with Crippen LogP contribution in [0, 0.1) is 0 Å². The Morgan fingerprint density at radius 3 is 2.46 bits per heavy atom. The molecule has 0 radical (unpaired) electrons. The average Bonchev–Trinajstić information content (AvgIpc) is 2.63. The van der Waals surface area contributed by atoms with E-state index in [1.165, 1.54) is 0 Å². The number of hydrogen-bond donors (Lipinski definition) is 3. The van der Waals surface area contributed by atoms with E-state index in [4.69, 9.17) is 9.47 Å². The average molecular weight is 478 g/mol. The molecule has 148 valence electrons. The van der Waals surface area contributed by atoms with Crippen LogP contribution >= 0.6 is 24.0 Å². The van der Waals surface area contributed by atoms with Crippen LogP contribution in [0.4, 0.5) is 0 Å². The molecule has 0 spiro atoms. The molecule has 0 aliphatic rings. The van der Waals surface area contributed by atoms with Crippen molar-refractivity contribution in [2.75, 3.05) is 40.4 Å². The van der Waals surface area contributed by atoms with Crippen molar-refractivity contribution < 1.29 is 14.3 Å². The molecule has 0 unspecified atom stereocenters. The minimum Gasteiger partial charge on any atom is -0.497 e. The number of ether oxygens (including phenoxy) is 2. The van der Waals surface area contributed by atoms with Gasteiger partial charge in [-0.2, -0.15) is 0 Å². The smallest absolute Gasteiger partial charge is 0.251 e. The van der Waals surface area contributed by atoms with E-state index < -0.39 is 0 Å². The van der Waals surface area contributed by atoms with Gasteiger partial charge < -0.3 is 25.4 Å². The number of guanidine groups is 1.